The van der Waals surface area contributed by atoms with Gasteiger partial charge in [-0.2, -0.15) is 0 Å². The topological polar surface area (TPSA) is 42.4 Å². The van der Waals surface area contributed by atoms with Crippen molar-refractivity contribution in [3.05, 3.63) is 23.2 Å². The lowest BCUT2D eigenvalue weighted by molar-refractivity contribution is 0.313. The number of hydrogen-bond donors (Lipinski definition) is 1. The zero-order chi connectivity index (χ0) is 10.1. The number of rotatable bonds is 4. The van der Waals surface area contributed by atoms with Gasteiger partial charge in [0, 0.05) is 18.2 Å². The van der Waals surface area contributed by atoms with Crippen molar-refractivity contribution in [2.24, 2.45) is 5.73 Å². The summed E-state index contributed by atoms with van der Waals surface area (Å²) in [6.45, 7) is 3.49. The maximum atomic E-state index is 5.53. The smallest absolute Gasteiger partial charge is 0.118 e. The highest BCUT2D eigenvalue weighted by Crippen LogP contribution is 2.27. The molecule has 1 saturated carbocycles. The highest BCUT2D eigenvalue weighted by molar-refractivity contribution is 5.20. The predicted octanol–water partition coefficient (Wildman–Crippen LogP) is 1.64. The van der Waals surface area contributed by atoms with E-state index in [9.17, 15) is 0 Å². The van der Waals surface area contributed by atoms with Crippen LogP contribution in [0, 0.1) is 6.92 Å². The van der Waals surface area contributed by atoms with Gasteiger partial charge in [-0.3, -0.25) is 4.90 Å². The zero-order valence-corrected chi connectivity index (χ0v) is 8.92. The molecule has 1 fully saturated rings. The summed E-state index contributed by atoms with van der Waals surface area (Å²) < 4.78 is 5.51. The van der Waals surface area contributed by atoms with Crippen molar-refractivity contribution in [2.75, 3.05) is 7.05 Å². The Morgan fingerprint density at radius 1 is 1.57 bits per heavy atom. The monoisotopic (exact) mass is 194 g/mol. The third-order valence-corrected chi connectivity index (χ3v) is 2.86. The fraction of sp³-hybridized carbons (Fsp3) is 0.636. The van der Waals surface area contributed by atoms with Crippen LogP contribution in [0.2, 0.25) is 0 Å². The van der Waals surface area contributed by atoms with Crippen LogP contribution in [0.4, 0.5) is 0 Å². The molecule has 0 radical (unpaired) electrons. The first-order valence-corrected chi connectivity index (χ1v) is 5.19. The number of nitrogens with zero attached hydrogens (tertiary/aromatic N) is 1. The maximum absolute atomic E-state index is 5.53. The van der Waals surface area contributed by atoms with Crippen LogP contribution in [0.25, 0.3) is 0 Å². The lowest BCUT2D eigenvalue weighted by Gasteiger charge is -2.14. The third-order valence-electron chi connectivity index (χ3n) is 2.86. The van der Waals surface area contributed by atoms with Crippen LogP contribution in [0.15, 0.2) is 10.5 Å². The third kappa shape index (κ3) is 1.99. The van der Waals surface area contributed by atoms with Gasteiger partial charge in [0.05, 0.1) is 6.54 Å². The minimum Gasteiger partial charge on any atom is -0.465 e. The van der Waals surface area contributed by atoms with E-state index in [2.05, 4.69) is 18.0 Å². The van der Waals surface area contributed by atoms with Gasteiger partial charge in [-0.1, -0.05) is 0 Å². The van der Waals surface area contributed by atoms with Gasteiger partial charge in [0.25, 0.3) is 0 Å². The molecule has 0 saturated heterocycles. The van der Waals surface area contributed by atoms with E-state index in [1.54, 1.807) is 0 Å². The van der Waals surface area contributed by atoms with Gasteiger partial charge in [-0.15, -0.1) is 0 Å². The number of hydrogen-bond acceptors (Lipinski definition) is 3. The average Bonchev–Trinajstić information content (AvgIpc) is 2.94. The molecule has 14 heavy (non-hydrogen) atoms. The molecule has 3 nitrogen and oxygen atoms in total. The van der Waals surface area contributed by atoms with Crippen LogP contribution in [-0.2, 0) is 13.1 Å². The highest BCUT2D eigenvalue weighted by Gasteiger charge is 2.26. The molecule has 2 rings (SSSR count). The number of aryl methyl sites for hydroxylation is 1. The average molecular weight is 194 g/mol. The van der Waals surface area contributed by atoms with Crippen molar-refractivity contribution in [2.45, 2.75) is 38.9 Å². The molecule has 0 bridgehead atoms. The van der Waals surface area contributed by atoms with Gasteiger partial charge in [0.15, 0.2) is 0 Å². The molecule has 0 unspecified atom stereocenters. The Labute approximate surface area is 84.9 Å². The van der Waals surface area contributed by atoms with E-state index in [1.165, 1.54) is 18.4 Å². The first-order chi connectivity index (χ1) is 6.70. The van der Waals surface area contributed by atoms with E-state index in [-0.39, 0.29) is 0 Å². The summed E-state index contributed by atoms with van der Waals surface area (Å²) in [6, 6.07) is 2.87. The Morgan fingerprint density at radius 2 is 2.29 bits per heavy atom. The van der Waals surface area contributed by atoms with E-state index in [0.29, 0.717) is 6.54 Å². The van der Waals surface area contributed by atoms with Gasteiger partial charge in [0.1, 0.15) is 11.5 Å². The van der Waals surface area contributed by atoms with Crippen molar-refractivity contribution >= 4 is 0 Å². The van der Waals surface area contributed by atoms with Crippen molar-refractivity contribution in [1.29, 1.82) is 0 Å². The van der Waals surface area contributed by atoms with Gasteiger partial charge >= 0.3 is 0 Å². The molecule has 1 aromatic heterocycles. The molecule has 3 heteroatoms. The maximum Gasteiger partial charge on any atom is 0.118 e. The number of nitrogens with two attached hydrogens (primary N) is 1. The predicted molar refractivity (Wildman–Crippen MR) is 55.8 cm³/mol. The summed E-state index contributed by atoms with van der Waals surface area (Å²) in [5.41, 5.74) is 6.81. The van der Waals surface area contributed by atoms with E-state index in [4.69, 9.17) is 10.2 Å². The minimum atomic E-state index is 0.494. The van der Waals surface area contributed by atoms with Gasteiger partial charge in [0.2, 0.25) is 0 Å². The molecule has 1 aliphatic rings. The zero-order valence-electron chi connectivity index (χ0n) is 8.92. The van der Waals surface area contributed by atoms with Crippen LogP contribution >= 0.6 is 0 Å². The summed E-state index contributed by atoms with van der Waals surface area (Å²) in [7, 11) is 2.17. The van der Waals surface area contributed by atoms with Gasteiger partial charge in [-0.25, -0.2) is 0 Å². The summed E-state index contributed by atoms with van der Waals surface area (Å²) >= 11 is 0. The first-order valence-electron chi connectivity index (χ1n) is 5.19. The van der Waals surface area contributed by atoms with E-state index in [0.717, 1.165) is 24.1 Å². The molecular formula is C11H18N2O. The van der Waals surface area contributed by atoms with Crippen LogP contribution < -0.4 is 5.73 Å². The van der Waals surface area contributed by atoms with Crippen molar-refractivity contribution < 1.29 is 4.42 Å². The van der Waals surface area contributed by atoms with Crippen molar-refractivity contribution in [3.63, 3.8) is 0 Å². The minimum absolute atomic E-state index is 0.494. The van der Waals surface area contributed by atoms with E-state index in [1.807, 2.05) is 6.92 Å². The van der Waals surface area contributed by atoms with Crippen LogP contribution in [-0.4, -0.2) is 18.0 Å². The summed E-state index contributed by atoms with van der Waals surface area (Å²) in [5.74, 6) is 1.90. The lowest BCUT2D eigenvalue weighted by atomic mass is 10.2. The standard InChI is InChI=1S/C11H18N2O/c1-8-9(5-11(6-12)14-8)7-13(2)10-3-4-10/h5,10H,3-4,6-7,12H2,1-2H3. The van der Waals surface area contributed by atoms with Crippen LogP contribution in [0.3, 0.4) is 0 Å². The van der Waals surface area contributed by atoms with Crippen LogP contribution in [0.5, 0.6) is 0 Å². The Bertz CT molecular complexity index is 315. The first kappa shape index (κ1) is 9.74. The molecule has 78 valence electrons. The second kappa shape index (κ2) is 3.75. The Balaban J connectivity index is 2.03. The molecule has 0 atom stereocenters. The molecule has 0 aliphatic heterocycles. The molecule has 0 spiro atoms. The fourth-order valence-corrected chi connectivity index (χ4v) is 1.76. The Morgan fingerprint density at radius 3 is 2.79 bits per heavy atom. The molecule has 1 heterocycles. The van der Waals surface area contributed by atoms with E-state index < -0.39 is 0 Å². The molecule has 2 N–H and O–H groups in total. The summed E-state index contributed by atoms with van der Waals surface area (Å²) in [6.07, 6.45) is 2.69. The fourth-order valence-electron chi connectivity index (χ4n) is 1.76. The normalized spacial score (nSPS) is 16.6. The molecule has 0 aromatic carbocycles. The molecule has 1 aromatic rings. The molecule has 0 amide bonds. The quantitative estimate of drug-likeness (QED) is 0.792. The van der Waals surface area contributed by atoms with Crippen molar-refractivity contribution in [1.82, 2.24) is 4.90 Å². The second-order valence-corrected chi connectivity index (χ2v) is 4.14. The summed E-state index contributed by atoms with van der Waals surface area (Å²) in [5, 5.41) is 0. The van der Waals surface area contributed by atoms with Gasteiger partial charge in [-0.05, 0) is 32.9 Å². The Kier molecular flexibility index (Phi) is 2.61. The Hall–Kier alpha value is -0.800. The highest BCUT2D eigenvalue weighted by atomic mass is 16.3. The molecule has 1 aliphatic carbocycles. The number of furan rings is 1. The SMILES string of the molecule is Cc1oc(CN)cc1CN(C)C1CC1. The van der Waals surface area contributed by atoms with Gasteiger partial charge < -0.3 is 10.2 Å². The largest absolute Gasteiger partial charge is 0.465 e. The van der Waals surface area contributed by atoms with E-state index >= 15 is 0 Å². The summed E-state index contributed by atoms with van der Waals surface area (Å²) in [4.78, 5) is 2.39. The van der Waals surface area contributed by atoms with Crippen molar-refractivity contribution in [3.8, 4) is 0 Å². The molecular weight excluding hydrogens is 176 g/mol. The lowest BCUT2D eigenvalue weighted by Crippen LogP contribution is -2.19. The van der Waals surface area contributed by atoms with Crippen LogP contribution in [0.1, 0.15) is 29.9 Å². The second-order valence-electron chi connectivity index (χ2n) is 4.14.